The van der Waals surface area contributed by atoms with Crippen LogP contribution in [-0.2, 0) is 9.47 Å². The first-order valence-corrected chi connectivity index (χ1v) is 11.3. The second-order valence-electron chi connectivity index (χ2n) is 10.8. The zero-order valence-corrected chi connectivity index (χ0v) is 17.3. The van der Waals surface area contributed by atoms with Crippen molar-refractivity contribution < 1.29 is 24.8 Å². The Balaban J connectivity index is 1.59. The lowest BCUT2D eigenvalue weighted by atomic mass is 9.45. The summed E-state index contributed by atoms with van der Waals surface area (Å²) >= 11 is 0. The predicted octanol–water partition coefficient (Wildman–Crippen LogP) is 0.630. The zero-order valence-electron chi connectivity index (χ0n) is 17.3. The number of fused-ring (bicyclic) bond motifs is 2. The molecule has 0 amide bonds. The number of hydrogen-bond acceptors (Lipinski definition) is 6. The predicted molar refractivity (Wildman–Crippen MR) is 102 cm³/mol. The van der Waals surface area contributed by atoms with Crippen molar-refractivity contribution in [2.75, 3.05) is 27.3 Å². The van der Waals surface area contributed by atoms with E-state index in [-0.39, 0.29) is 53.3 Å². The molecule has 5 aliphatic carbocycles. The number of methoxy groups -OCH3 is 2. The van der Waals surface area contributed by atoms with Gasteiger partial charge in [-0.15, -0.1) is 0 Å². The number of aliphatic hydroxyl groups excluding tert-OH is 1. The molecule has 1 aliphatic heterocycles. The van der Waals surface area contributed by atoms with Crippen molar-refractivity contribution in [3.8, 4) is 0 Å². The van der Waals surface area contributed by atoms with Crippen LogP contribution < -0.4 is 0 Å². The Morgan fingerprint density at radius 3 is 2.57 bits per heavy atom. The molecule has 5 unspecified atom stereocenters. The van der Waals surface area contributed by atoms with Gasteiger partial charge >= 0.3 is 0 Å². The fourth-order valence-corrected chi connectivity index (χ4v) is 9.96. The second kappa shape index (κ2) is 5.51. The maximum Gasteiger partial charge on any atom is 0.0810 e. The SMILES string of the molecule is CCN1C[C@]2(O)CCC(O)C34[C@@H]5C[C@H]6C(OC)C5[C@](O)(C[C@@H]6OC)C(C[C@@H]32)[C@H]14. The molecule has 158 valence electrons. The first kappa shape index (κ1) is 18.5. The highest BCUT2D eigenvalue weighted by atomic mass is 16.5. The number of likely N-dealkylation sites (N-methyl/N-ethyl adjacent to an activating group) is 1. The second-order valence-corrected chi connectivity index (χ2v) is 10.8. The summed E-state index contributed by atoms with van der Waals surface area (Å²) in [4.78, 5) is 2.40. The molecule has 0 aromatic heterocycles. The monoisotopic (exact) mass is 393 g/mol. The van der Waals surface area contributed by atoms with Crippen LogP contribution in [0.5, 0.6) is 0 Å². The van der Waals surface area contributed by atoms with E-state index < -0.39 is 17.3 Å². The molecular formula is C22H35NO5. The van der Waals surface area contributed by atoms with Crippen molar-refractivity contribution in [1.82, 2.24) is 4.90 Å². The Morgan fingerprint density at radius 2 is 1.89 bits per heavy atom. The molecule has 6 heteroatoms. The molecule has 6 nitrogen and oxygen atoms in total. The first-order chi connectivity index (χ1) is 13.4. The standard InChI is InChI=1S/C22H35NO5/c1-4-23-10-20(25)6-5-16(24)22-12-7-11-14(27-2)9-21(26,17(12)18(11)28-3)13(19(22)23)8-15(20)22/h11-19,24-26H,4-10H2,1-3H3/t11-,12-,13?,14+,15-,16?,17?,18?,19+,20-,21+,22?/m1/s1. The Bertz CT molecular complexity index is 690. The van der Waals surface area contributed by atoms with E-state index in [9.17, 15) is 15.3 Å². The quantitative estimate of drug-likeness (QED) is 0.653. The number of likely N-dealkylation sites (tertiary alicyclic amines) is 1. The Morgan fingerprint density at radius 1 is 1.11 bits per heavy atom. The molecule has 6 rings (SSSR count). The number of nitrogens with zero attached hydrogens (tertiary/aromatic N) is 1. The van der Waals surface area contributed by atoms with Crippen LogP contribution in [0.1, 0.15) is 39.0 Å². The van der Waals surface area contributed by atoms with Crippen LogP contribution in [0.2, 0.25) is 0 Å². The minimum atomic E-state index is -0.843. The van der Waals surface area contributed by atoms with Crippen molar-refractivity contribution in [2.24, 2.45) is 35.0 Å². The molecule has 0 radical (unpaired) electrons. The lowest BCUT2D eigenvalue weighted by molar-refractivity contribution is -0.281. The number of β-amino-alcohol motifs (C(OH)–C–C–N with tert-alkyl or cyclic N) is 1. The van der Waals surface area contributed by atoms with Gasteiger partial charge in [-0.3, -0.25) is 4.90 Å². The van der Waals surface area contributed by atoms with Gasteiger partial charge in [-0.1, -0.05) is 6.92 Å². The molecule has 1 saturated heterocycles. The molecule has 12 atom stereocenters. The number of ether oxygens (including phenoxy) is 2. The summed E-state index contributed by atoms with van der Waals surface area (Å²) in [6.45, 7) is 3.69. The lowest BCUT2D eigenvalue weighted by Gasteiger charge is -2.68. The van der Waals surface area contributed by atoms with Gasteiger partial charge in [0, 0.05) is 56.4 Å². The normalized spacial score (nSPS) is 64.3. The summed E-state index contributed by atoms with van der Waals surface area (Å²) in [6.07, 6.45) is 3.31. The molecule has 0 aromatic carbocycles. The summed E-state index contributed by atoms with van der Waals surface area (Å²) in [5.74, 6) is 0.622. The van der Waals surface area contributed by atoms with E-state index in [4.69, 9.17) is 9.47 Å². The van der Waals surface area contributed by atoms with Crippen molar-refractivity contribution >= 4 is 0 Å². The van der Waals surface area contributed by atoms with E-state index in [2.05, 4.69) is 11.8 Å². The highest BCUT2D eigenvalue weighted by Crippen LogP contribution is 2.77. The number of aliphatic hydroxyl groups is 3. The van der Waals surface area contributed by atoms with E-state index in [0.29, 0.717) is 25.8 Å². The highest BCUT2D eigenvalue weighted by Gasteiger charge is 2.83. The zero-order chi connectivity index (χ0) is 19.6. The molecule has 1 heterocycles. The van der Waals surface area contributed by atoms with E-state index in [1.54, 1.807) is 14.2 Å². The van der Waals surface area contributed by atoms with Crippen LogP contribution in [0.15, 0.2) is 0 Å². The molecule has 6 aliphatic rings. The maximum atomic E-state index is 12.3. The van der Waals surface area contributed by atoms with E-state index in [1.165, 1.54) is 0 Å². The van der Waals surface area contributed by atoms with Crippen LogP contribution in [0, 0.1) is 35.0 Å². The topological polar surface area (TPSA) is 82.4 Å². The lowest BCUT2D eigenvalue weighted by Crippen LogP contribution is -2.77. The third kappa shape index (κ3) is 1.72. The average Bonchev–Trinajstić information content (AvgIpc) is 3.16. The molecular weight excluding hydrogens is 358 g/mol. The fraction of sp³-hybridized carbons (Fsp3) is 1.00. The summed E-state index contributed by atoms with van der Waals surface area (Å²) in [6, 6.07) is 0.149. The largest absolute Gasteiger partial charge is 0.392 e. The van der Waals surface area contributed by atoms with Gasteiger partial charge in [0.05, 0.1) is 29.5 Å². The third-order valence-corrected chi connectivity index (χ3v) is 10.5. The van der Waals surface area contributed by atoms with E-state index in [1.807, 2.05) is 0 Å². The molecule has 7 bridgehead atoms. The third-order valence-electron chi connectivity index (χ3n) is 10.5. The Labute approximate surface area is 167 Å². The van der Waals surface area contributed by atoms with Crippen molar-refractivity contribution in [3.05, 3.63) is 0 Å². The molecule has 28 heavy (non-hydrogen) atoms. The average molecular weight is 394 g/mol. The molecule has 1 spiro atoms. The van der Waals surface area contributed by atoms with Gasteiger partial charge in [-0.2, -0.15) is 0 Å². The van der Waals surface area contributed by atoms with Gasteiger partial charge in [0.15, 0.2) is 0 Å². The van der Waals surface area contributed by atoms with Gasteiger partial charge in [-0.05, 0) is 44.1 Å². The summed E-state index contributed by atoms with van der Waals surface area (Å²) in [5.41, 5.74) is -1.90. The minimum Gasteiger partial charge on any atom is -0.392 e. The van der Waals surface area contributed by atoms with Crippen LogP contribution >= 0.6 is 0 Å². The summed E-state index contributed by atoms with van der Waals surface area (Å²) < 4.78 is 11.9. The van der Waals surface area contributed by atoms with Gasteiger partial charge < -0.3 is 24.8 Å². The van der Waals surface area contributed by atoms with Gasteiger partial charge in [-0.25, -0.2) is 0 Å². The smallest absolute Gasteiger partial charge is 0.0810 e. The summed E-state index contributed by atoms with van der Waals surface area (Å²) in [7, 11) is 3.52. The van der Waals surface area contributed by atoms with Crippen molar-refractivity contribution in [1.29, 1.82) is 0 Å². The Kier molecular flexibility index (Phi) is 3.65. The fourth-order valence-electron chi connectivity index (χ4n) is 9.96. The van der Waals surface area contributed by atoms with Crippen molar-refractivity contribution in [3.63, 3.8) is 0 Å². The minimum absolute atomic E-state index is 0.00139. The van der Waals surface area contributed by atoms with Crippen molar-refractivity contribution in [2.45, 2.75) is 74.6 Å². The highest BCUT2D eigenvalue weighted by molar-refractivity contribution is 5.33. The van der Waals surface area contributed by atoms with Gasteiger partial charge in [0.2, 0.25) is 0 Å². The molecule has 5 saturated carbocycles. The van der Waals surface area contributed by atoms with Crippen LogP contribution in [0.25, 0.3) is 0 Å². The van der Waals surface area contributed by atoms with E-state index in [0.717, 1.165) is 19.4 Å². The van der Waals surface area contributed by atoms with Crippen LogP contribution in [0.3, 0.4) is 0 Å². The summed E-state index contributed by atoms with van der Waals surface area (Å²) in [5, 5.41) is 35.6. The maximum absolute atomic E-state index is 12.3. The molecule has 3 N–H and O–H groups in total. The van der Waals surface area contributed by atoms with E-state index >= 15 is 0 Å². The molecule has 6 fully saturated rings. The molecule has 0 aromatic rings. The van der Waals surface area contributed by atoms with Gasteiger partial charge in [0.25, 0.3) is 0 Å². The number of piperidine rings is 1. The first-order valence-electron chi connectivity index (χ1n) is 11.3. The van der Waals surface area contributed by atoms with Gasteiger partial charge in [0.1, 0.15) is 0 Å². The van der Waals surface area contributed by atoms with Crippen LogP contribution in [-0.4, -0.2) is 83.1 Å². The van der Waals surface area contributed by atoms with Crippen LogP contribution in [0.4, 0.5) is 0 Å². The number of rotatable bonds is 3. The Hall–Kier alpha value is -0.240. The number of hydrogen-bond donors (Lipinski definition) is 3.